The van der Waals surface area contributed by atoms with Crippen LogP contribution in [0, 0.1) is 0 Å². The Kier molecular flexibility index (Phi) is 3.85. The SMILES string of the molecule is CN(C)C(=O)COC(=O)Cc1c[nH]c2ccccc12. The standard InChI is InChI=1S/C14H16N2O3/c1-16(2)13(17)9-19-14(18)7-10-8-15-12-6-4-3-5-11(10)12/h3-6,8,15H,7,9H2,1-2H3. The third-order valence-corrected chi connectivity index (χ3v) is 2.87. The number of esters is 1. The summed E-state index contributed by atoms with van der Waals surface area (Å²) in [6.45, 7) is -0.214. The van der Waals surface area contributed by atoms with Gasteiger partial charge in [0.25, 0.3) is 5.91 Å². The van der Waals surface area contributed by atoms with Crippen LogP contribution in [0.4, 0.5) is 0 Å². The monoisotopic (exact) mass is 260 g/mol. The van der Waals surface area contributed by atoms with Crippen molar-refractivity contribution in [1.29, 1.82) is 0 Å². The lowest BCUT2D eigenvalue weighted by Crippen LogP contribution is -2.27. The van der Waals surface area contributed by atoms with Crippen LogP contribution in [0.2, 0.25) is 0 Å². The molecule has 0 aliphatic carbocycles. The first kappa shape index (κ1) is 13.1. The molecule has 5 heteroatoms. The number of carbonyl (C=O) groups is 2. The first-order valence-corrected chi connectivity index (χ1v) is 5.98. The highest BCUT2D eigenvalue weighted by atomic mass is 16.5. The number of nitrogens with one attached hydrogen (secondary N) is 1. The topological polar surface area (TPSA) is 62.4 Å². The number of ether oxygens (including phenoxy) is 1. The van der Waals surface area contributed by atoms with Crippen molar-refractivity contribution < 1.29 is 14.3 Å². The molecule has 0 saturated heterocycles. The minimum absolute atomic E-state index is 0.157. The van der Waals surface area contributed by atoms with Crippen LogP contribution in [0.1, 0.15) is 5.56 Å². The number of hydrogen-bond donors (Lipinski definition) is 1. The molecule has 0 spiro atoms. The third kappa shape index (κ3) is 3.13. The van der Waals surface area contributed by atoms with Crippen LogP contribution in [0.25, 0.3) is 10.9 Å². The number of para-hydroxylation sites is 1. The van der Waals surface area contributed by atoms with Crippen molar-refractivity contribution in [3.05, 3.63) is 36.0 Å². The number of H-pyrrole nitrogens is 1. The molecule has 1 heterocycles. The zero-order valence-corrected chi connectivity index (χ0v) is 11.0. The van der Waals surface area contributed by atoms with Gasteiger partial charge in [-0.1, -0.05) is 18.2 Å². The molecular formula is C14H16N2O3. The van der Waals surface area contributed by atoms with E-state index in [2.05, 4.69) is 4.98 Å². The first-order valence-electron chi connectivity index (χ1n) is 5.98. The predicted octanol–water partition coefficient (Wildman–Crippen LogP) is 1.34. The summed E-state index contributed by atoms with van der Waals surface area (Å²) in [5, 5.41) is 0.999. The summed E-state index contributed by atoms with van der Waals surface area (Å²) in [6.07, 6.45) is 1.95. The van der Waals surface area contributed by atoms with Crippen LogP contribution in [-0.2, 0) is 20.7 Å². The second-order valence-electron chi connectivity index (χ2n) is 4.49. The van der Waals surface area contributed by atoms with Crippen LogP contribution in [-0.4, -0.2) is 42.5 Å². The van der Waals surface area contributed by atoms with Crippen molar-refractivity contribution in [3.63, 3.8) is 0 Å². The van der Waals surface area contributed by atoms with Gasteiger partial charge in [0, 0.05) is 31.2 Å². The number of amides is 1. The maximum absolute atomic E-state index is 11.7. The van der Waals surface area contributed by atoms with E-state index in [0.717, 1.165) is 16.5 Å². The molecule has 2 aromatic rings. The van der Waals surface area contributed by atoms with E-state index < -0.39 is 5.97 Å². The summed E-state index contributed by atoms with van der Waals surface area (Å²) in [6, 6.07) is 7.73. The second kappa shape index (κ2) is 5.56. The Bertz CT molecular complexity index is 602. The Hall–Kier alpha value is -2.30. The number of aromatic nitrogens is 1. The fourth-order valence-corrected chi connectivity index (χ4v) is 1.76. The molecule has 0 bridgehead atoms. The maximum atomic E-state index is 11.7. The van der Waals surface area contributed by atoms with Crippen molar-refractivity contribution in [2.24, 2.45) is 0 Å². The predicted molar refractivity (Wildman–Crippen MR) is 71.7 cm³/mol. The lowest BCUT2D eigenvalue weighted by Gasteiger charge is -2.10. The van der Waals surface area contributed by atoms with Crippen molar-refractivity contribution >= 4 is 22.8 Å². The van der Waals surface area contributed by atoms with E-state index in [-0.39, 0.29) is 18.9 Å². The van der Waals surface area contributed by atoms with E-state index in [1.807, 2.05) is 24.3 Å². The molecule has 1 aromatic heterocycles. The van der Waals surface area contributed by atoms with E-state index in [4.69, 9.17) is 4.74 Å². The molecule has 0 unspecified atom stereocenters. The Morgan fingerprint density at radius 1 is 1.26 bits per heavy atom. The zero-order chi connectivity index (χ0) is 13.8. The van der Waals surface area contributed by atoms with Gasteiger partial charge in [-0.2, -0.15) is 0 Å². The molecule has 1 amide bonds. The summed E-state index contributed by atoms with van der Waals surface area (Å²) in [5.74, 6) is -0.632. The molecule has 100 valence electrons. The lowest BCUT2D eigenvalue weighted by atomic mass is 10.1. The van der Waals surface area contributed by atoms with E-state index in [0.29, 0.717) is 0 Å². The maximum Gasteiger partial charge on any atom is 0.310 e. The van der Waals surface area contributed by atoms with Crippen molar-refractivity contribution in [2.75, 3.05) is 20.7 Å². The molecular weight excluding hydrogens is 244 g/mol. The van der Waals surface area contributed by atoms with Gasteiger partial charge in [-0.05, 0) is 11.6 Å². The van der Waals surface area contributed by atoms with Crippen molar-refractivity contribution in [1.82, 2.24) is 9.88 Å². The average molecular weight is 260 g/mol. The number of aromatic amines is 1. The largest absolute Gasteiger partial charge is 0.455 e. The van der Waals surface area contributed by atoms with Gasteiger partial charge in [-0.25, -0.2) is 0 Å². The highest BCUT2D eigenvalue weighted by Gasteiger charge is 2.12. The van der Waals surface area contributed by atoms with Gasteiger partial charge in [-0.3, -0.25) is 9.59 Å². The van der Waals surface area contributed by atoms with E-state index >= 15 is 0 Å². The normalized spacial score (nSPS) is 10.4. The molecule has 0 saturated carbocycles. The minimum atomic E-state index is -0.403. The number of nitrogens with zero attached hydrogens (tertiary/aromatic N) is 1. The molecule has 0 atom stereocenters. The average Bonchev–Trinajstić information content (AvgIpc) is 2.79. The number of hydrogen-bond acceptors (Lipinski definition) is 3. The van der Waals surface area contributed by atoms with Crippen LogP contribution in [0.3, 0.4) is 0 Å². The number of rotatable bonds is 4. The zero-order valence-electron chi connectivity index (χ0n) is 11.0. The van der Waals surface area contributed by atoms with Gasteiger partial charge in [0.1, 0.15) is 0 Å². The molecule has 1 aromatic carbocycles. The molecule has 0 aliphatic heterocycles. The van der Waals surface area contributed by atoms with Crippen molar-refractivity contribution in [2.45, 2.75) is 6.42 Å². The van der Waals surface area contributed by atoms with Gasteiger partial charge >= 0.3 is 5.97 Å². The molecule has 19 heavy (non-hydrogen) atoms. The van der Waals surface area contributed by atoms with Gasteiger partial charge in [0.05, 0.1) is 6.42 Å². The smallest absolute Gasteiger partial charge is 0.310 e. The third-order valence-electron chi connectivity index (χ3n) is 2.87. The Balaban J connectivity index is 1.97. The fourth-order valence-electron chi connectivity index (χ4n) is 1.76. The number of fused-ring (bicyclic) bond motifs is 1. The highest BCUT2D eigenvalue weighted by Crippen LogP contribution is 2.18. The first-order chi connectivity index (χ1) is 9.08. The quantitative estimate of drug-likeness (QED) is 0.844. The molecule has 1 N–H and O–H groups in total. The molecule has 0 fully saturated rings. The molecule has 0 radical (unpaired) electrons. The fraction of sp³-hybridized carbons (Fsp3) is 0.286. The Morgan fingerprint density at radius 2 is 2.00 bits per heavy atom. The lowest BCUT2D eigenvalue weighted by molar-refractivity contribution is -0.150. The summed E-state index contributed by atoms with van der Waals surface area (Å²) in [4.78, 5) is 27.5. The number of benzene rings is 1. The minimum Gasteiger partial charge on any atom is -0.455 e. The van der Waals surface area contributed by atoms with Crippen LogP contribution in [0.5, 0.6) is 0 Å². The van der Waals surface area contributed by atoms with Gasteiger partial charge in [-0.15, -0.1) is 0 Å². The van der Waals surface area contributed by atoms with Crippen LogP contribution < -0.4 is 0 Å². The summed E-state index contributed by atoms with van der Waals surface area (Å²) in [7, 11) is 3.24. The number of carbonyl (C=O) groups excluding carboxylic acids is 2. The number of likely N-dealkylation sites (N-methyl/N-ethyl adjacent to an activating group) is 1. The van der Waals surface area contributed by atoms with Crippen molar-refractivity contribution in [3.8, 4) is 0 Å². The summed E-state index contributed by atoms with van der Waals surface area (Å²) < 4.78 is 4.94. The summed E-state index contributed by atoms with van der Waals surface area (Å²) in [5.41, 5.74) is 1.85. The highest BCUT2D eigenvalue weighted by molar-refractivity contribution is 5.88. The van der Waals surface area contributed by atoms with Gasteiger partial charge in [0.15, 0.2) is 6.61 Å². The van der Waals surface area contributed by atoms with E-state index in [1.54, 1.807) is 20.3 Å². The van der Waals surface area contributed by atoms with Gasteiger partial charge in [0.2, 0.25) is 0 Å². The van der Waals surface area contributed by atoms with E-state index in [1.165, 1.54) is 4.90 Å². The Labute approximate surface area is 111 Å². The second-order valence-corrected chi connectivity index (χ2v) is 4.49. The van der Waals surface area contributed by atoms with Crippen LogP contribution >= 0.6 is 0 Å². The molecule has 5 nitrogen and oxygen atoms in total. The summed E-state index contributed by atoms with van der Waals surface area (Å²) >= 11 is 0. The van der Waals surface area contributed by atoms with E-state index in [9.17, 15) is 9.59 Å². The van der Waals surface area contributed by atoms with Crippen LogP contribution in [0.15, 0.2) is 30.5 Å². The molecule has 2 rings (SSSR count). The Morgan fingerprint density at radius 3 is 2.74 bits per heavy atom. The molecule has 0 aliphatic rings. The van der Waals surface area contributed by atoms with Gasteiger partial charge < -0.3 is 14.6 Å².